The molecule has 3 nitrogen and oxygen atoms in total. The predicted molar refractivity (Wildman–Crippen MR) is 101 cm³/mol. The Bertz CT molecular complexity index is 503. The van der Waals surface area contributed by atoms with Gasteiger partial charge >= 0.3 is 0 Å². The van der Waals surface area contributed by atoms with Gasteiger partial charge in [-0.3, -0.25) is 0 Å². The highest BCUT2D eigenvalue weighted by Crippen LogP contribution is 2.60. The number of azide groups is 1. The topological polar surface area (TPSA) is 48.8 Å². The molecule has 0 aromatic carbocycles. The molecule has 0 radical (unpaired) electrons. The van der Waals surface area contributed by atoms with E-state index in [4.69, 9.17) is 5.53 Å². The van der Waals surface area contributed by atoms with Crippen LogP contribution in [0.4, 0.5) is 0 Å². The minimum absolute atomic E-state index is 0.414. The molecule has 3 heteroatoms. The van der Waals surface area contributed by atoms with Gasteiger partial charge < -0.3 is 0 Å². The molecular weight excluding hydrogens is 294 g/mol. The molecule has 4 bridgehead atoms. The van der Waals surface area contributed by atoms with Crippen LogP contribution in [0.2, 0.25) is 0 Å². The largest absolute Gasteiger partial charge is 0.0937 e. The van der Waals surface area contributed by atoms with E-state index in [2.05, 4.69) is 44.6 Å². The smallest absolute Gasteiger partial charge is 0.0294 e. The molecule has 4 aliphatic carbocycles. The Morgan fingerprint density at radius 2 is 1.38 bits per heavy atom. The molecule has 0 aromatic heterocycles. The van der Waals surface area contributed by atoms with Crippen LogP contribution in [0.25, 0.3) is 10.4 Å². The summed E-state index contributed by atoms with van der Waals surface area (Å²) in [6, 6.07) is 0. The van der Waals surface area contributed by atoms with Crippen LogP contribution in [0, 0.1) is 46.3 Å². The SMILES string of the molecule is CC1(C)C2CCC(C2)[C@@H]1CN=[N+]=[N-].CC[C@H]1C2CCC(C2)C1(C)C. The summed E-state index contributed by atoms with van der Waals surface area (Å²) in [6.07, 6.45) is 10.1. The molecule has 0 aliphatic heterocycles. The summed E-state index contributed by atoms with van der Waals surface area (Å²) in [6.45, 7) is 12.7. The lowest BCUT2D eigenvalue weighted by molar-refractivity contribution is 0.119. The molecule has 0 amide bonds. The fourth-order valence-corrected chi connectivity index (χ4v) is 7.30. The first kappa shape index (κ1) is 18.1. The third-order valence-corrected chi connectivity index (χ3v) is 8.88. The van der Waals surface area contributed by atoms with E-state index in [-0.39, 0.29) is 0 Å². The van der Waals surface area contributed by atoms with Gasteiger partial charge in [-0.05, 0) is 90.4 Å². The Balaban J connectivity index is 0.000000143. The van der Waals surface area contributed by atoms with E-state index in [0.717, 1.165) is 29.6 Å². The lowest BCUT2D eigenvalue weighted by Gasteiger charge is -2.37. The first-order valence-corrected chi connectivity index (χ1v) is 10.3. The molecule has 4 fully saturated rings. The molecule has 4 rings (SSSR count). The molecule has 6 atom stereocenters. The predicted octanol–water partition coefficient (Wildman–Crippen LogP) is 6.84. The third kappa shape index (κ3) is 2.87. The van der Waals surface area contributed by atoms with Crippen molar-refractivity contribution in [2.75, 3.05) is 6.54 Å². The fourth-order valence-electron chi connectivity index (χ4n) is 7.30. The number of hydrogen-bond acceptors (Lipinski definition) is 1. The van der Waals surface area contributed by atoms with Crippen LogP contribution in [-0.2, 0) is 0 Å². The fraction of sp³-hybridized carbons (Fsp3) is 1.00. The molecular formula is C21H37N3. The van der Waals surface area contributed by atoms with E-state index in [1.807, 2.05) is 0 Å². The van der Waals surface area contributed by atoms with Crippen LogP contribution in [0.1, 0.15) is 79.6 Å². The molecule has 0 N–H and O–H groups in total. The Hall–Kier alpha value is -0.690. The number of rotatable bonds is 3. The van der Waals surface area contributed by atoms with Crippen molar-refractivity contribution >= 4 is 0 Å². The Kier molecular flexibility index (Phi) is 4.95. The first-order valence-electron chi connectivity index (χ1n) is 10.3. The van der Waals surface area contributed by atoms with Crippen LogP contribution in [0.15, 0.2) is 5.11 Å². The highest BCUT2D eigenvalue weighted by atomic mass is 15.1. The summed E-state index contributed by atoms with van der Waals surface area (Å²) in [5, 5.41) is 3.75. The van der Waals surface area contributed by atoms with Gasteiger partial charge in [0.25, 0.3) is 0 Å². The van der Waals surface area contributed by atoms with Crippen molar-refractivity contribution in [2.24, 2.45) is 51.5 Å². The second kappa shape index (κ2) is 6.56. The third-order valence-electron chi connectivity index (χ3n) is 8.88. The molecule has 4 saturated carbocycles. The maximum absolute atomic E-state index is 8.33. The van der Waals surface area contributed by atoms with Crippen LogP contribution >= 0.6 is 0 Å². The maximum atomic E-state index is 8.33. The quantitative estimate of drug-likeness (QED) is 0.309. The molecule has 4 unspecified atom stereocenters. The Labute approximate surface area is 148 Å². The van der Waals surface area contributed by atoms with E-state index in [1.54, 1.807) is 6.42 Å². The van der Waals surface area contributed by atoms with Gasteiger partial charge in [0.1, 0.15) is 0 Å². The Morgan fingerprint density at radius 3 is 1.71 bits per heavy atom. The minimum Gasteiger partial charge on any atom is -0.0937 e. The number of hydrogen-bond donors (Lipinski definition) is 0. The summed E-state index contributed by atoms with van der Waals surface area (Å²) in [5.74, 6) is 5.57. The Morgan fingerprint density at radius 1 is 0.875 bits per heavy atom. The van der Waals surface area contributed by atoms with Gasteiger partial charge in [-0.2, -0.15) is 0 Å². The van der Waals surface area contributed by atoms with Gasteiger partial charge in [-0.1, -0.05) is 46.2 Å². The number of nitrogens with zero attached hydrogens (tertiary/aromatic N) is 3. The van der Waals surface area contributed by atoms with Crippen LogP contribution < -0.4 is 0 Å². The zero-order valence-electron chi connectivity index (χ0n) is 16.5. The normalized spacial score (nSPS) is 43.2. The maximum Gasteiger partial charge on any atom is 0.0294 e. The summed E-state index contributed by atoms with van der Waals surface area (Å²) in [4.78, 5) is 2.87. The molecule has 136 valence electrons. The zero-order chi connectivity index (χ0) is 17.5. The highest BCUT2D eigenvalue weighted by molar-refractivity contribution is 5.02. The van der Waals surface area contributed by atoms with E-state index in [0.29, 0.717) is 23.3 Å². The summed E-state index contributed by atoms with van der Waals surface area (Å²) < 4.78 is 0. The first-order chi connectivity index (χ1) is 11.3. The minimum atomic E-state index is 0.414. The van der Waals surface area contributed by atoms with Gasteiger partial charge in [0.05, 0.1) is 0 Å². The molecule has 0 heterocycles. The number of fused-ring (bicyclic) bond motifs is 4. The lowest BCUT2D eigenvalue weighted by Crippen LogP contribution is -2.32. The monoisotopic (exact) mass is 331 g/mol. The second-order valence-electron chi connectivity index (χ2n) is 10.2. The average Bonchev–Trinajstić information content (AvgIpc) is 3.24. The molecule has 4 aliphatic rings. The van der Waals surface area contributed by atoms with Gasteiger partial charge in [-0.25, -0.2) is 0 Å². The van der Waals surface area contributed by atoms with Crippen molar-refractivity contribution in [1.29, 1.82) is 0 Å². The van der Waals surface area contributed by atoms with E-state index < -0.39 is 0 Å². The van der Waals surface area contributed by atoms with Gasteiger partial charge in [0.2, 0.25) is 0 Å². The molecule has 0 spiro atoms. The standard InChI is InChI=1S/C11H20.C10H17N3/c1-4-10-8-5-6-9(7-8)11(10,2)3;1-10(2)8-4-3-7(5-8)9(10)6-12-13-11/h8-10H,4-7H2,1-3H3;7-9H,3-6H2,1-2H3/t8?,9?,10-;7?,8?,9-/m00/s1. The van der Waals surface area contributed by atoms with Crippen LogP contribution in [-0.4, -0.2) is 6.54 Å². The van der Waals surface area contributed by atoms with E-state index >= 15 is 0 Å². The van der Waals surface area contributed by atoms with Crippen molar-refractivity contribution in [3.63, 3.8) is 0 Å². The summed E-state index contributed by atoms with van der Waals surface area (Å²) in [7, 11) is 0. The summed E-state index contributed by atoms with van der Waals surface area (Å²) in [5.41, 5.74) is 9.42. The molecule has 0 aromatic rings. The van der Waals surface area contributed by atoms with Crippen LogP contribution in [0.3, 0.4) is 0 Å². The van der Waals surface area contributed by atoms with Crippen molar-refractivity contribution in [3.05, 3.63) is 10.4 Å². The van der Waals surface area contributed by atoms with E-state index in [1.165, 1.54) is 38.5 Å². The second-order valence-corrected chi connectivity index (χ2v) is 10.2. The van der Waals surface area contributed by atoms with Crippen molar-refractivity contribution in [2.45, 2.75) is 79.6 Å². The molecule has 0 saturated heterocycles. The van der Waals surface area contributed by atoms with Crippen molar-refractivity contribution in [1.82, 2.24) is 0 Å². The van der Waals surface area contributed by atoms with Gasteiger partial charge in [0, 0.05) is 11.5 Å². The summed E-state index contributed by atoms with van der Waals surface area (Å²) >= 11 is 0. The highest BCUT2D eigenvalue weighted by Gasteiger charge is 2.52. The van der Waals surface area contributed by atoms with Gasteiger partial charge in [-0.15, -0.1) is 0 Å². The van der Waals surface area contributed by atoms with Crippen LogP contribution in [0.5, 0.6) is 0 Å². The van der Waals surface area contributed by atoms with Crippen molar-refractivity contribution < 1.29 is 0 Å². The lowest BCUT2D eigenvalue weighted by atomic mass is 9.68. The zero-order valence-corrected chi connectivity index (χ0v) is 16.5. The van der Waals surface area contributed by atoms with Crippen molar-refractivity contribution in [3.8, 4) is 0 Å². The van der Waals surface area contributed by atoms with Gasteiger partial charge in [0.15, 0.2) is 0 Å². The molecule has 24 heavy (non-hydrogen) atoms. The van der Waals surface area contributed by atoms with E-state index in [9.17, 15) is 0 Å². The average molecular weight is 332 g/mol.